The first-order valence-corrected chi connectivity index (χ1v) is 5.77. The molecule has 0 aliphatic rings. The average Bonchev–Trinajstić information content (AvgIpc) is 2.62. The number of aromatic nitrogens is 3. The summed E-state index contributed by atoms with van der Waals surface area (Å²) in [4.78, 5) is 11.6. The summed E-state index contributed by atoms with van der Waals surface area (Å²) in [6.07, 6.45) is 0. The number of benzene rings is 1. The summed E-state index contributed by atoms with van der Waals surface area (Å²) >= 11 is 1.45. The molecule has 0 unspecified atom stereocenters. The minimum Gasteiger partial charge on any atom is -0.478 e. The summed E-state index contributed by atoms with van der Waals surface area (Å²) in [6, 6.07) is 6.68. The summed E-state index contributed by atoms with van der Waals surface area (Å²) in [5.41, 5.74) is 0.281. The Hall–Kier alpha value is -1.82. The molecule has 0 radical (unpaired) electrons. The van der Waals surface area contributed by atoms with Crippen molar-refractivity contribution >= 4 is 17.7 Å². The monoisotopic (exact) mass is 249 g/mol. The lowest BCUT2D eigenvalue weighted by Crippen LogP contribution is -1.95. The number of hydrogen-bond acceptors (Lipinski definition) is 4. The van der Waals surface area contributed by atoms with Crippen molar-refractivity contribution in [2.45, 2.75) is 17.0 Å². The van der Waals surface area contributed by atoms with Crippen LogP contribution in [0.3, 0.4) is 0 Å². The van der Waals surface area contributed by atoms with Gasteiger partial charge in [0.15, 0.2) is 5.16 Å². The second kappa shape index (κ2) is 4.58. The summed E-state index contributed by atoms with van der Waals surface area (Å²) in [6.45, 7) is 1.88. The third kappa shape index (κ3) is 2.47. The van der Waals surface area contributed by atoms with Gasteiger partial charge in [0.05, 0.1) is 5.56 Å². The van der Waals surface area contributed by atoms with Crippen LogP contribution in [0.1, 0.15) is 16.2 Å². The second-order valence-electron chi connectivity index (χ2n) is 3.52. The molecule has 1 N–H and O–H groups in total. The number of nitrogens with zero attached hydrogens (tertiary/aromatic N) is 3. The zero-order chi connectivity index (χ0) is 12.4. The highest BCUT2D eigenvalue weighted by Gasteiger charge is 2.07. The first-order valence-electron chi connectivity index (χ1n) is 4.95. The molecule has 1 heterocycles. The van der Waals surface area contributed by atoms with Gasteiger partial charge in [0.2, 0.25) is 0 Å². The van der Waals surface area contributed by atoms with E-state index in [4.69, 9.17) is 5.11 Å². The van der Waals surface area contributed by atoms with E-state index < -0.39 is 5.97 Å². The third-order valence-electron chi connectivity index (χ3n) is 2.36. The van der Waals surface area contributed by atoms with Crippen LogP contribution in [0.15, 0.2) is 34.3 Å². The zero-order valence-electron chi connectivity index (χ0n) is 9.41. The van der Waals surface area contributed by atoms with Crippen LogP contribution in [0.2, 0.25) is 0 Å². The van der Waals surface area contributed by atoms with Gasteiger partial charge in [0.1, 0.15) is 5.82 Å². The molecule has 0 spiro atoms. The summed E-state index contributed by atoms with van der Waals surface area (Å²) < 4.78 is 1.88. The molecule has 0 saturated heterocycles. The smallest absolute Gasteiger partial charge is 0.335 e. The molecule has 1 aromatic carbocycles. The molecule has 2 aromatic rings. The van der Waals surface area contributed by atoms with E-state index in [1.54, 1.807) is 24.3 Å². The lowest BCUT2D eigenvalue weighted by atomic mass is 10.2. The van der Waals surface area contributed by atoms with Crippen LogP contribution in [0.5, 0.6) is 0 Å². The van der Waals surface area contributed by atoms with Crippen molar-refractivity contribution in [3.63, 3.8) is 0 Å². The van der Waals surface area contributed by atoms with Crippen LogP contribution < -0.4 is 0 Å². The van der Waals surface area contributed by atoms with Crippen molar-refractivity contribution in [2.75, 3.05) is 0 Å². The van der Waals surface area contributed by atoms with Gasteiger partial charge in [-0.1, -0.05) is 0 Å². The Morgan fingerprint density at radius 2 is 1.94 bits per heavy atom. The largest absolute Gasteiger partial charge is 0.478 e. The molecule has 0 atom stereocenters. The van der Waals surface area contributed by atoms with E-state index >= 15 is 0 Å². The lowest BCUT2D eigenvalue weighted by molar-refractivity contribution is 0.0697. The Morgan fingerprint density at radius 3 is 2.41 bits per heavy atom. The van der Waals surface area contributed by atoms with Gasteiger partial charge in [0, 0.05) is 11.9 Å². The van der Waals surface area contributed by atoms with E-state index in [1.165, 1.54) is 11.8 Å². The molecule has 1 aromatic heterocycles. The predicted molar refractivity (Wildman–Crippen MR) is 63.3 cm³/mol. The Morgan fingerprint density at radius 1 is 1.29 bits per heavy atom. The molecular weight excluding hydrogens is 238 g/mol. The van der Waals surface area contributed by atoms with E-state index in [1.807, 2.05) is 18.5 Å². The van der Waals surface area contributed by atoms with Crippen molar-refractivity contribution in [1.82, 2.24) is 14.8 Å². The molecule has 5 nitrogen and oxygen atoms in total. The van der Waals surface area contributed by atoms with Crippen molar-refractivity contribution in [3.8, 4) is 0 Å². The van der Waals surface area contributed by atoms with Crippen LogP contribution >= 0.6 is 11.8 Å². The van der Waals surface area contributed by atoms with Gasteiger partial charge < -0.3 is 9.67 Å². The van der Waals surface area contributed by atoms with Gasteiger partial charge in [-0.15, -0.1) is 10.2 Å². The highest BCUT2D eigenvalue weighted by Crippen LogP contribution is 2.25. The molecule has 0 aliphatic heterocycles. The highest BCUT2D eigenvalue weighted by molar-refractivity contribution is 7.99. The first kappa shape index (κ1) is 11.7. The topological polar surface area (TPSA) is 68.0 Å². The Kier molecular flexibility index (Phi) is 3.14. The van der Waals surface area contributed by atoms with Crippen molar-refractivity contribution in [1.29, 1.82) is 0 Å². The van der Waals surface area contributed by atoms with Gasteiger partial charge >= 0.3 is 5.97 Å². The first-order chi connectivity index (χ1) is 8.08. The number of carbonyl (C=O) groups is 1. The lowest BCUT2D eigenvalue weighted by Gasteiger charge is -2.01. The SMILES string of the molecule is Cc1nnc(Sc2ccc(C(=O)O)cc2)n1C. The maximum absolute atomic E-state index is 10.7. The Bertz CT molecular complexity index is 548. The third-order valence-corrected chi connectivity index (χ3v) is 3.41. The quantitative estimate of drug-likeness (QED) is 0.900. The molecule has 0 amide bonds. The summed E-state index contributed by atoms with van der Waals surface area (Å²) in [7, 11) is 1.89. The van der Waals surface area contributed by atoms with Gasteiger partial charge in [-0.05, 0) is 43.0 Å². The van der Waals surface area contributed by atoms with Crippen LogP contribution in [0.4, 0.5) is 0 Å². The maximum atomic E-state index is 10.7. The predicted octanol–water partition coefficient (Wildman–Crippen LogP) is 1.97. The maximum Gasteiger partial charge on any atom is 0.335 e. The van der Waals surface area contributed by atoms with Crippen LogP contribution in [-0.4, -0.2) is 25.8 Å². The molecule has 2 rings (SSSR count). The van der Waals surface area contributed by atoms with Crippen LogP contribution in [0, 0.1) is 6.92 Å². The van der Waals surface area contributed by atoms with Crippen LogP contribution in [0.25, 0.3) is 0 Å². The van der Waals surface area contributed by atoms with E-state index in [-0.39, 0.29) is 5.56 Å². The standard InChI is InChI=1S/C11H11N3O2S/c1-7-12-13-11(14(7)2)17-9-5-3-8(4-6-9)10(15)16/h3-6H,1-2H3,(H,15,16). The van der Waals surface area contributed by atoms with Gasteiger partial charge in [-0.2, -0.15) is 0 Å². The number of aryl methyl sites for hydroxylation is 1. The molecule has 0 bridgehead atoms. The van der Waals surface area contributed by atoms with E-state index in [0.717, 1.165) is 15.9 Å². The zero-order valence-corrected chi connectivity index (χ0v) is 10.2. The fourth-order valence-electron chi connectivity index (χ4n) is 1.25. The molecule has 6 heteroatoms. The molecule has 0 saturated carbocycles. The van der Waals surface area contributed by atoms with Crippen LogP contribution in [-0.2, 0) is 7.05 Å². The number of rotatable bonds is 3. The van der Waals surface area contributed by atoms with Gasteiger partial charge in [-0.25, -0.2) is 4.79 Å². The molecule has 88 valence electrons. The Labute approximate surface area is 102 Å². The molecular formula is C11H11N3O2S. The number of carboxylic acids is 1. The van der Waals surface area contributed by atoms with E-state index in [9.17, 15) is 4.79 Å². The summed E-state index contributed by atoms with van der Waals surface area (Å²) in [5.74, 6) is -0.0780. The number of hydrogen-bond donors (Lipinski definition) is 1. The van der Waals surface area contributed by atoms with E-state index in [0.29, 0.717) is 0 Å². The number of aromatic carboxylic acids is 1. The Balaban J connectivity index is 2.19. The fourth-order valence-corrected chi connectivity index (χ4v) is 2.08. The van der Waals surface area contributed by atoms with Crippen molar-refractivity contribution in [2.24, 2.45) is 7.05 Å². The average molecular weight is 249 g/mol. The van der Waals surface area contributed by atoms with Crippen molar-refractivity contribution in [3.05, 3.63) is 35.7 Å². The van der Waals surface area contributed by atoms with Crippen molar-refractivity contribution < 1.29 is 9.90 Å². The molecule has 0 aliphatic carbocycles. The normalized spacial score (nSPS) is 10.5. The van der Waals surface area contributed by atoms with E-state index in [2.05, 4.69) is 10.2 Å². The summed E-state index contributed by atoms with van der Waals surface area (Å²) in [5, 5.41) is 17.5. The fraction of sp³-hybridized carbons (Fsp3) is 0.182. The number of carboxylic acid groups (broad SMARTS) is 1. The van der Waals surface area contributed by atoms with Gasteiger partial charge in [-0.3, -0.25) is 0 Å². The molecule has 17 heavy (non-hydrogen) atoms. The molecule has 0 fully saturated rings. The minimum atomic E-state index is -0.920. The highest BCUT2D eigenvalue weighted by atomic mass is 32.2. The second-order valence-corrected chi connectivity index (χ2v) is 4.56. The van der Waals surface area contributed by atoms with Gasteiger partial charge in [0.25, 0.3) is 0 Å². The minimum absolute atomic E-state index is 0.281.